The van der Waals surface area contributed by atoms with Crippen molar-refractivity contribution in [1.29, 1.82) is 0 Å². The normalized spacial score (nSPS) is 33.7. The fourth-order valence-electron chi connectivity index (χ4n) is 5.25. The highest BCUT2D eigenvalue weighted by atomic mass is 19.1. The Hall–Kier alpha value is -0.890. The third-order valence-electron chi connectivity index (χ3n) is 6.38. The molecule has 4 rings (SSSR count). The highest BCUT2D eigenvalue weighted by Crippen LogP contribution is 2.47. The molecule has 2 heteroatoms. The third-order valence-corrected chi connectivity index (χ3v) is 6.38. The van der Waals surface area contributed by atoms with Crippen molar-refractivity contribution in [3.8, 4) is 0 Å². The topological polar surface area (TPSA) is 3.24 Å². The zero-order chi connectivity index (χ0) is 14.4. The number of hydrogen-bond donors (Lipinski definition) is 0. The minimum Gasteiger partial charge on any atom is -0.300 e. The zero-order valence-corrected chi connectivity index (χ0v) is 13.0. The second kappa shape index (κ2) is 5.39. The lowest BCUT2D eigenvalue weighted by Gasteiger charge is -2.40. The van der Waals surface area contributed by atoms with Gasteiger partial charge in [-0.25, -0.2) is 4.39 Å². The van der Waals surface area contributed by atoms with Gasteiger partial charge in [-0.3, -0.25) is 0 Å². The number of piperidine rings is 1. The number of rotatable bonds is 2. The van der Waals surface area contributed by atoms with Crippen LogP contribution in [0.4, 0.5) is 4.39 Å². The van der Waals surface area contributed by atoms with E-state index in [1.807, 2.05) is 6.07 Å². The summed E-state index contributed by atoms with van der Waals surface area (Å²) in [6.07, 6.45) is 8.32. The Labute approximate surface area is 127 Å². The van der Waals surface area contributed by atoms with Crippen LogP contribution in [0.3, 0.4) is 0 Å². The first-order chi connectivity index (χ1) is 10.2. The maximum Gasteiger partial charge on any atom is 0.123 e. The van der Waals surface area contributed by atoms with Crippen LogP contribution in [0.15, 0.2) is 18.2 Å². The monoisotopic (exact) mass is 287 g/mol. The van der Waals surface area contributed by atoms with E-state index >= 15 is 0 Å². The first kappa shape index (κ1) is 13.8. The predicted octanol–water partition coefficient (Wildman–Crippen LogP) is 4.50. The Morgan fingerprint density at radius 3 is 2.52 bits per heavy atom. The molecule has 0 spiro atoms. The van der Waals surface area contributed by atoms with Crippen LogP contribution in [0.25, 0.3) is 0 Å². The van der Waals surface area contributed by atoms with Gasteiger partial charge in [0, 0.05) is 6.04 Å². The van der Waals surface area contributed by atoms with Gasteiger partial charge >= 0.3 is 0 Å². The molecule has 3 fully saturated rings. The average Bonchev–Trinajstić information content (AvgIpc) is 3.13. The molecule has 1 aliphatic heterocycles. The fraction of sp³-hybridized carbons (Fsp3) is 0.684. The molecular weight excluding hydrogens is 261 g/mol. The Bertz CT molecular complexity index is 518. The molecule has 2 bridgehead atoms. The first-order valence-electron chi connectivity index (χ1n) is 8.71. The summed E-state index contributed by atoms with van der Waals surface area (Å²) in [4.78, 5) is 2.76. The van der Waals surface area contributed by atoms with Gasteiger partial charge in [0.15, 0.2) is 0 Å². The summed E-state index contributed by atoms with van der Waals surface area (Å²) in [5.74, 6) is 2.51. The number of aryl methyl sites for hydroxylation is 1. The highest BCUT2D eigenvalue weighted by molar-refractivity contribution is 5.30. The van der Waals surface area contributed by atoms with Crippen LogP contribution >= 0.6 is 0 Å². The van der Waals surface area contributed by atoms with E-state index in [4.69, 9.17) is 0 Å². The Kier molecular flexibility index (Phi) is 3.53. The first-order valence-corrected chi connectivity index (χ1v) is 8.71. The summed E-state index contributed by atoms with van der Waals surface area (Å²) in [6, 6.07) is 6.17. The number of hydrogen-bond acceptors (Lipinski definition) is 1. The lowest BCUT2D eigenvalue weighted by Crippen LogP contribution is -2.43. The van der Waals surface area contributed by atoms with E-state index < -0.39 is 0 Å². The minimum atomic E-state index is -0.0777. The summed E-state index contributed by atoms with van der Waals surface area (Å²) in [6.45, 7) is 4.56. The van der Waals surface area contributed by atoms with Crippen LogP contribution in [0.1, 0.15) is 55.6 Å². The maximum atomic E-state index is 13.5. The smallest absolute Gasteiger partial charge is 0.123 e. The SMILES string of the molecule is Cc1ccc(F)cc1C1CCN([C@H]2C[C@H]3CC[C@H]2C3)CC1. The highest BCUT2D eigenvalue weighted by Gasteiger charge is 2.42. The third kappa shape index (κ3) is 2.52. The maximum absolute atomic E-state index is 13.5. The van der Waals surface area contributed by atoms with Crippen LogP contribution in [0, 0.1) is 24.6 Å². The molecule has 0 N–H and O–H groups in total. The van der Waals surface area contributed by atoms with Crippen molar-refractivity contribution >= 4 is 0 Å². The molecule has 3 aliphatic rings. The van der Waals surface area contributed by atoms with Crippen molar-refractivity contribution in [2.24, 2.45) is 11.8 Å². The largest absolute Gasteiger partial charge is 0.300 e. The van der Waals surface area contributed by atoms with E-state index in [1.165, 1.54) is 62.7 Å². The average molecular weight is 287 g/mol. The van der Waals surface area contributed by atoms with Gasteiger partial charge in [0.2, 0.25) is 0 Å². The van der Waals surface area contributed by atoms with Crippen LogP contribution in [-0.2, 0) is 0 Å². The van der Waals surface area contributed by atoms with Crippen molar-refractivity contribution in [1.82, 2.24) is 4.90 Å². The van der Waals surface area contributed by atoms with Gasteiger partial charge in [0.1, 0.15) is 5.82 Å². The molecule has 0 amide bonds. The van der Waals surface area contributed by atoms with Gasteiger partial charge in [-0.2, -0.15) is 0 Å². The quantitative estimate of drug-likeness (QED) is 0.774. The number of nitrogens with zero attached hydrogens (tertiary/aromatic N) is 1. The summed E-state index contributed by atoms with van der Waals surface area (Å²) in [7, 11) is 0. The molecule has 2 aliphatic carbocycles. The molecular formula is C19H26FN. The molecule has 1 saturated heterocycles. The Balaban J connectivity index is 1.41. The van der Waals surface area contributed by atoms with Crippen molar-refractivity contribution in [3.63, 3.8) is 0 Å². The van der Waals surface area contributed by atoms with Crippen molar-refractivity contribution in [2.45, 2.75) is 57.4 Å². The number of halogens is 1. The number of fused-ring (bicyclic) bond motifs is 2. The summed E-state index contributed by atoms with van der Waals surface area (Å²) >= 11 is 0. The van der Waals surface area contributed by atoms with Crippen molar-refractivity contribution in [3.05, 3.63) is 35.1 Å². The van der Waals surface area contributed by atoms with E-state index in [0.717, 1.165) is 17.9 Å². The van der Waals surface area contributed by atoms with E-state index in [1.54, 1.807) is 12.1 Å². The summed E-state index contributed by atoms with van der Waals surface area (Å²) in [5, 5.41) is 0. The summed E-state index contributed by atoms with van der Waals surface area (Å²) in [5.41, 5.74) is 2.51. The predicted molar refractivity (Wildman–Crippen MR) is 83.9 cm³/mol. The lowest BCUT2D eigenvalue weighted by atomic mass is 9.85. The van der Waals surface area contributed by atoms with Gasteiger partial charge < -0.3 is 4.90 Å². The van der Waals surface area contributed by atoms with Crippen LogP contribution < -0.4 is 0 Å². The fourth-order valence-corrected chi connectivity index (χ4v) is 5.25. The molecule has 1 aromatic rings. The number of benzene rings is 1. The molecule has 1 nitrogen and oxygen atoms in total. The molecule has 0 radical (unpaired) electrons. The van der Waals surface area contributed by atoms with Crippen molar-refractivity contribution < 1.29 is 4.39 Å². The molecule has 21 heavy (non-hydrogen) atoms. The van der Waals surface area contributed by atoms with E-state index in [2.05, 4.69) is 11.8 Å². The Morgan fingerprint density at radius 1 is 1.05 bits per heavy atom. The van der Waals surface area contributed by atoms with Gasteiger partial charge in [0.25, 0.3) is 0 Å². The Morgan fingerprint density at radius 2 is 1.86 bits per heavy atom. The van der Waals surface area contributed by atoms with Gasteiger partial charge in [-0.1, -0.05) is 12.5 Å². The molecule has 3 atom stereocenters. The summed E-state index contributed by atoms with van der Waals surface area (Å²) < 4.78 is 13.5. The van der Waals surface area contributed by atoms with E-state index in [0.29, 0.717) is 5.92 Å². The molecule has 1 aromatic carbocycles. The lowest BCUT2D eigenvalue weighted by molar-refractivity contribution is 0.110. The van der Waals surface area contributed by atoms with Gasteiger partial charge in [-0.05, 0) is 93.1 Å². The van der Waals surface area contributed by atoms with Crippen LogP contribution in [0.2, 0.25) is 0 Å². The molecule has 0 unspecified atom stereocenters. The second-order valence-electron chi connectivity index (χ2n) is 7.55. The number of likely N-dealkylation sites (tertiary alicyclic amines) is 1. The van der Waals surface area contributed by atoms with Gasteiger partial charge in [0.05, 0.1) is 0 Å². The zero-order valence-electron chi connectivity index (χ0n) is 13.0. The standard InChI is InChI=1S/C19H26FN/c1-13-2-5-17(20)12-18(13)15-6-8-21(9-7-15)19-11-14-3-4-16(19)10-14/h2,5,12,14-16,19H,3-4,6-11H2,1H3/t14-,16-,19-/m0/s1. The molecule has 114 valence electrons. The van der Waals surface area contributed by atoms with Crippen LogP contribution in [-0.4, -0.2) is 24.0 Å². The van der Waals surface area contributed by atoms with Gasteiger partial charge in [-0.15, -0.1) is 0 Å². The van der Waals surface area contributed by atoms with E-state index in [-0.39, 0.29) is 5.82 Å². The van der Waals surface area contributed by atoms with Crippen molar-refractivity contribution in [2.75, 3.05) is 13.1 Å². The minimum absolute atomic E-state index is 0.0777. The van der Waals surface area contributed by atoms with E-state index in [9.17, 15) is 4.39 Å². The molecule has 0 aromatic heterocycles. The molecule has 1 heterocycles. The van der Waals surface area contributed by atoms with Crippen LogP contribution in [0.5, 0.6) is 0 Å². The second-order valence-corrected chi connectivity index (χ2v) is 7.55. The molecule has 2 saturated carbocycles.